The summed E-state index contributed by atoms with van der Waals surface area (Å²) in [7, 11) is 0. The van der Waals surface area contributed by atoms with E-state index in [9.17, 15) is 4.79 Å². The molecule has 1 heterocycles. The molecule has 39 heavy (non-hydrogen) atoms. The Labute approximate surface area is 228 Å². The summed E-state index contributed by atoms with van der Waals surface area (Å²) in [4.78, 5) is 22.0. The predicted molar refractivity (Wildman–Crippen MR) is 150 cm³/mol. The molecule has 0 bridgehead atoms. The van der Waals surface area contributed by atoms with Gasteiger partial charge in [0.1, 0.15) is 5.75 Å². The number of carbonyl (C=O) groups excluding carboxylic acids is 1. The van der Waals surface area contributed by atoms with Gasteiger partial charge in [0.25, 0.3) is 5.91 Å². The van der Waals surface area contributed by atoms with Crippen molar-refractivity contribution in [3.8, 4) is 5.75 Å². The lowest BCUT2D eigenvalue weighted by molar-refractivity contribution is -0.129. The third-order valence-corrected chi connectivity index (χ3v) is 6.41. The minimum absolute atomic E-state index is 0.0629. The van der Waals surface area contributed by atoms with E-state index in [0.29, 0.717) is 48.0 Å². The Morgan fingerprint density at radius 2 is 1.85 bits per heavy atom. The molecular weight excluding hydrogens is 494 g/mol. The number of hydrogen-bond donors (Lipinski definition) is 2. The highest BCUT2D eigenvalue weighted by atomic mass is 16.5. The molecule has 9 nitrogen and oxygen atoms in total. The van der Waals surface area contributed by atoms with E-state index in [1.807, 2.05) is 80.6 Å². The first-order valence-corrected chi connectivity index (χ1v) is 13.0. The van der Waals surface area contributed by atoms with E-state index < -0.39 is 11.6 Å². The highest BCUT2D eigenvalue weighted by Crippen LogP contribution is 2.43. The Kier molecular flexibility index (Phi) is 9.20. The molecule has 1 aliphatic rings. The van der Waals surface area contributed by atoms with Gasteiger partial charge < -0.3 is 19.9 Å². The van der Waals surface area contributed by atoms with Crippen LogP contribution < -0.4 is 10.1 Å². The maximum absolute atomic E-state index is 14.1. The normalized spacial score (nSPS) is 18.2. The van der Waals surface area contributed by atoms with Crippen molar-refractivity contribution in [2.45, 2.75) is 38.3 Å². The maximum atomic E-state index is 14.1. The number of rotatable bonds is 12. The van der Waals surface area contributed by atoms with Gasteiger partial charge in [0, 0.05) is 42.2 Å². The van der Waals surface area contributed by atoms with Crippen molar-refractivity contribution >= 4 is 17.5 Å². The van der Waals surface area contributed by atoms with Crippen molar-refractivity contribution < 1.29 is 19.4 Å². The first-order valence-electron chi connectivity index (χ1n) is 13.0. The maximum Gasteiger partial charge on any atom is 0.252 e. The number of nitrogens with zero attached hydrogens (tertiary/aromatic N) is 4. The van der Waals surface area contributed by atoms with Crippen molar-refractivity contribution in [1.82, 2.24) is 5.32 Å². The number of hydrogen-bond acceptors (Lipinski definition) is 6. The van der Waals surface area contributed by atoms with Crippen LogP contribution in [0.15, 0.2) is 89.0 Å². The van der Waals surface area contributed by atoms with E-state index in [2.05, 4.69) is 15.3 Å². The van der Waals surface area contributed by atoms with E-state index in [1.165, 1.54) is 0 Å². The first-order chi connectivity index (χ1) is 19.0. The van der Waals surface area contributed by atoms with Crippen LogP contribution >= 0.6 is 0 Å². The lowest BCUT2D eigenvalue weighted by Gasteiger charge is -2.31. The molecule has 0 aliphatic carbocycles. The Bertz CT molecular complexity index is 1340. The zero-order valence-corrected chi connectivity index (χ0v) is 22.2. The van der Waals surface area contributed by atoms with Gasteiger partial charge in [0.2, 0.25) is 5.90 Å². The summed E-state index contributed by atoms with van der Waals surface area (Å²) in [5.41, 5.74) is 10.4. The molecule has 0 radical (unpaired) electrons. The third kappa shape index (κ3) is 6.57. The fraction of sp³-hybridized carbons (Fsp3) is 0.333. The topological polar surface area (TPSA) is 129 Å². The van der Waals surface area contributed by atoms with Gasteiger partial charge in [-0.2, -0.15) is 0 Å². The molecule has 0 fully saturated rings. The highest BCUT2D eigenvalue weighted by Gasteiger charge is 2.53. The van der Waals surface area contributed by atoms with Crippen molar-refractivity contribution in [1.29, 1.82) is 0 Å². The number of amides is 1. The Balaban J connectivity index is 1.80. The van der Waals surface area contributed by atoms with Crippen LogP contribution in [-0.4, -0.2) is 42.2 Å². The minimum Gasteiger partial charge on any atom is -0.494 e. The molecule has 0 spiro atoms. The van der Waals surface area contributed by atoms with Crippen LogP contribution in [-0.2, 0) is 16.0 Å². The molecular formula is C30H33N5O4. The van der Waals surface area contributed by atoms with Gasteiger partial charge in [-0.25, -0.2) is 4.99 Å². The molecule has 4 rings (SSSR count). The molecule has 1 aliphatic heterocycles. The fourth-order valence-corrected chi connectivity index (χ4v) is 4.46. The Morgan fingerprint density at radius 1 is 1.13 bits per heavy atom. The summed E-state index contributed by atoms with van der Waals surface area (Å²) in [6.45, 7) is 5.01. The summed E-state index contributed by atoms with van der Waals surface area (Å²) < 4.78 is 12.2. The SMILES string of the molecule is CC(C)CNC(=O)[C@]1(Cc2ccccc2N=[N+]=[N-])N=C(c2ccc(OCCCO)cc2)O[C@@H]1c1ccccc1. The molecule has 3 aromatic carbocycles. The molecule has 1 amide bonds. The number of aliphatic hydroxyl groups is 1. The number of aliphatic hydroxyl groups excluding tert-OH is 1. The summed E-state index contributed by atoms with van der Waals surface area (Å²) in [5, 5.41) is 15.9. The predicted octanol–water partition coefficient (Wildman–Crippen LogP) is 5.66. The molecule has 0 saturated heterocycles. The van der Waals surface area contributed by atoms with Crippen LogP contribution in [0.4, 0.5) is 5.69 Å². The summed E-state index contributed by atoms with van der Waals surface area (Å²) in [5.74, 6) is 0.974. The molecule has 0 unspecified atom stereocenters. The molecule has 202 valence electrons. The zero-order chi connectivity index (χ0) is 27.7. The van der Waals surface area contributed by atoms with Crippen molar-refractivity contribution in [2.75, 3.05) is 19.8 Å². The smallest absolute Gasteiger partial charge is 0.252 e. The molecule has 2 atom stereocenters. The Morgan fingerprint density at radius 3 is 2.54 bits per heavy atom. The van der Waals surface area contributed by atoms with Crippen LogP contribution in [0.5, 0.6) is 5.75 Å². The van der Waals surface area contributed by atoms with Crippen LogP contribution in [0.1, 0.15) is 43.1 Å². The second-order valence-electron chi connectivity index (χ2n) is 9.80. The lowest BCUT2D eigenvalue weighted by Crippen LogP contribution is -2.50. The molecule has 0 aromatic heterocycles. The van der Waals surface area contributed by atoms with Crippen LogP contribution in [0.25, 0.3) is 10.4 Å². The van der Waals surface area contributed by atoms with Gasteiger partial charge in [0.15, 0.2) is 11.6 Å². The van der Waals surface area contributed by atoms with Gasteiger partial charge in [-0.1, -0.05) is 73.6 Å². The van der Waals surface area contributed by atoms with E-state index in [-0.39, 0.29) is 24.9 Å². The van der Waals surface area contributed by atoms with Crippen molar-refractivity contribution in [3.05, 3.63) is 106 Å². The summed E-state index contributed by atoms with van der Waals surface area (Å²) in [6.07, 6.45) is -0.0143. The number of nitrogens with one attached hydrogen (secondary N) is 1. The fourth-order valence-electron chi connectivity index (χ4n) is 4.46. The quantitative estimate of drug-likeness (QED) is 0.136. The third-order valence-electron chi connectivity index (χ3n) is 6.41. The van der Waals surface area contributed by atoms with Gasteiger partial charge in [-0.15, -0.1) is 0 Å². The van der Waals surface area contributed by atoms with Crippen LogP contribution in [0, 0.1) is 5.92 Å². The molecule has 2 N–H and O–H groups in total. The average Bonchev–Trinajstić information content (AvgIpc) is 3.34. The Hall–Kier alpha value is -4.33. The largest absolute Gasteiger partial charge is 0.494 e. The second kappa shape index (κ2) is 13.0. The van der Waals surface area contributed by atoms with Crippen molar-refractivity contribution in [3.63, 3.8) is 0 Å². The monoisotopic (exact) mass is 527 g/mol. The molecule has 0 saturated carbocycles. The second-order valence-corrected chi connectivity index (χ2v) is 9.80. The minimum atomic E-state index is -1.36. The number of azide groups is 1. The summed E-state index contributed by atoms with van der Waals surface area (Å²) in [6, 6.07) is 24.1. The number of carbonyl (C=O) groups is 1. The average molecular weight is 528 g/mol. The van der Waals surface area contributed by atoms with E-state index in [1.54, 1.807) is 12.1 Å². The van der Waals surface area contributed by atoms with E-state index in [4.69, 9.17) is 25.1 Å². The highest BCUT2D eigenvalue weighted by molar-refractivity contribution is 6.01. The number of ether oxygens (including phenoxy) is 2. The van der Waals surface area contributed by atoms with Crippen LogP contribution in [0.2, 0.25) is 0 Å². The number of benzene rings is 3. The van der Waals surface area contributed by atoms with Gasteiger partial charge >= 0.3 is 0 Å². The van der Waals surface area contributed by atoms with Gasteiger partial charge in [0.05, 0.1) is 6.61 Å². The van der Waals surface area contributed by atoms with Gasteiger partial charge in [-0.3, -0.25) is 4.79 Å². The molecule has 9 heteroatoms. The lowest BCUT2D eigenvalue weighted by atomic mass is 9.81. The van der Waals surface area contributed by atoms with Crippen LogP contribution in [0.3, 0.4) is 0 Å². The summed E-state index contributed by atoms with van der Waals surface area (Å²) >= 11 is 0. The van der Waals surface area contributed by atoms with Crippen molar-refractivity contribution in [2.24, 2.45) is 16.0 Å². The standard InChI is InChI=1S/C30H33N5O4/c1-21(2)20-32-29(37)30(19-24-11-6-7-12-26(24)34-35-31)27(22-9-4-3-5-10-22)39-28(33-30)23-13-15-25(16-14-23)38-18-8-17-36/h3-7,9-16,21,27,36H,8,17-20H2,1-2H3,(H,32,37)/t27-,30-/m1/s1. The zero-order valence-electron chi connectivity index (χ0n) is 22.2. The van der Waals surface area contributed by atoms with E-state index in [0.717, 1.165) is 5.56 Å². The number of aliphatic imine (C=N–C) groups is 1. The first kappa shape index (κ1) is 27.7. The van der Waals surface area contributed by atoms with Gasteiger partial charge in [-0.05, 0) is 46.8 Å². The van der Waals surface area contributed by atoms with E-state index >= 15 is 0 Å². The molecule has 3 aromatic rings.